The molecule has 2 aromatic rings. The number of hydrogen-bond acceptors (Lipinski definition) is 1. The summed E-state index contributed by atoms with van der Waals surface area (Å²) < 4.78 is 0.999. The van der Waals surface area contributed by atoms with Crippen LogP contribution in [0.25, 0.3) is 0 Å². The van der Waals surface area contributed by atoms with Crippen LogP contribution in [0.2, 0.25) is 10.0 Å². The van der Waals surface area contributed by atoms with Crippen LogP contribution in [0.5, 0.6) is 0 Å². The number of nitrogens with one attached hydrogen (secondary N) is 1. The third-order valence-corrected chi connectivity index (χ3v) is 4.74. The molecule has 2 aromatic carbocycles. The van der Waals surface area contributed by atoms with Gasteiger partial charge in [0.25, 0.3) is 0 Å². The average molecular weight is 387 g/mol. The van der Waals surface area contributed by atoms with Crippen LogP contribution in [-0.4, -0.2) is 6.54 Å². The lowest BCUT2D eigenvalue weighted by Crippen LogP contribution is -2.23. The van der Waals surface area contributed by atoms with Crippen LogP contribution in [-0.2, 0) is 6.42 Å². The summed E-state index contributed by atoms with van der Waals surface area (Å²) in [6.45, 7) is 5.04. The van der Waals surface area contributed by atoms with Gasteiger partial charge in [0.05, 0.1) is 0 Å². The van der Waals surface area contributed by atoms with Gasteiger partial charge in [-0.15, -0.1) is 0 Å². The molecule has 1 atom stereocenters. The van der Waals surface area contributed by atoms with Crippen molar-refractivity contribution in [1.82, 2.24) is 5.32 Å². The van der Waals surface area contributed by atoms with Gasteiger partial charge in [-0.25, -0.2) is 0 Å². The Kier molecular flexibility index (Phi) is 6.12. The van der Waals surface area contributed by atoms with Crippen LogP contribution in [0, 0.1) is 6.92 Å². The number of halogens is 3. The molecule has 0 amide bonds. The SMILES string of the molecule is CCNC(Cc1ccc(Br)cc1Cl)c1ccc(Cl)c(C)c1. The van der Waals surface area contributed by atoms with Gasteiger partial charge in [-0.3, -0.25) is 0 Å². The Morgan fingerprint density at radius 1 is 1.10 bits per heavy atom. The predicted octanol–water partition coefficient (Wildman–Crippen LogP) is 5.96. The second kappa shape index (κ2) is 7.64. The lowest BCUT2D eigenvalue weighted by atomic mass is 9.97. The Balaban J connectivity index is 2.28. The third kappa shape index (κ3) is 4.46. The molecular formula is C17H18BrCl2N. The molecule has 0 radical (unpaired) electrons. The third-order valence-electron chi connectivity index (χ3n) is 3.47. The molecule has 0 spiro atoms. The molecule has 0 bridgehead atoms. The standard InChI is InChI=1S/C17H18BrCl2N/c1-3-21-17(13-5-7-15(19)11(2)8-13)9-12-4-6-14(18)10-16(12)20/h4-8,10,17,21H,3,9H2,1-2H3. The van der Waals surface area contributed by atoms with E-state index in [-0.39, 0.29) is 6.04 Å². The molecule has 0 aromatic heterocycles. The van der Waals surface area contributed by atoms with Gasteiger partial charge in [-0.05, 0) is 54.8 Å². The lowest BCUT2D eigenvalue weighted by Gasteiger charge is -2.20. The fraction of sp³-hybridized carbons (Fsp3) is 0.294. The number of likely N-dealkylation sites (N-methyl/N-ethyl adjacent to an activating group) is 1. The van der Waals surface area contributed by atoms with Crippen molar-refractivity contribution in [2.24, 2.45) is 0 Å². The maximum atomic E-state index is 6.34. The van der Waals surface area contributed by atoms with Gasteiger partial charge in [-0.1, -0.05) is 64.3 Å². The molecule has 0 saturated carbocycles. The summed E-state index contributed by atoms with van der Waals surface area (Å²) in [6, 6.07) is 12.4. The largest absolute Gasteiger partial charge is 0.310 e. The summed E-state index contributed by atoms with van der Waals surface area (Å²) in [4.78, 5) is 0. The van der Waals surface area contributed by atoms with Crippen molar-refractivity contribution in [2.45, 2.75) is 26.3 Å². The molecule has 1 N–H and O–H groups in total. The quantitative estimate of drug-likeness (QED) is 0.668. The Bertz CT molecular complexity index is 628. The summed E-state index contributed by atoms with van der Waals surface area (Å²) in [5.74, 6) is 0. The maximum Gasteiger partial charge on any atom is 0.0449 e. The molecule has 21 heavy (non-hydrogen) atoms. The van der Waals surface area contributed by atoms with Crippen molar-refractivity contribution in [2.75, 3.05) is 6.54 Å². The zero-order valence-corrected chi connectivity index (χ0v) is 15.2. The highest BCUT2D eigenvalue weighted by molar-refractivity contribution is 9.10. The van der Waals surface area contributed by atoms with E-state index in [0.717, 1.165) is 38.6 Å². The first-order valence-electron chi connectivity index (χ1n) is 6.94. The first-order chi connectivity index (χ1) is 10.0. The van der Waals surface area contributed by atoms with Crippen molar-refractivity contribution >= 4 is 39.1 Å². The maximum absolute atomic E-state index is 6.34. The Hall–Kier alpha value is -0.540. The van der Waals surface area contributed by atoms with Crippen LogP contribution in [0.1, 0.15) is 29.7 Å². The summed E-state index contributed by atoms with van der Waals surface area (Å²) in [7, 11) is 0. The van der Waals surface area contributed by atoms with Gasteiger partial charge in [0, 0.05) is 20.6 Å². The Morgan fingerprint density at radius 2 is 1.86 bits per heavy atom. The van der Waals surface area contributed by atoms with Crippen LogP contribution in [0.4, 0.5) is 0 Å². The van der Waals surface area contributed by atoms with E-state index in [1.807, 2.05) is 25.1 Å². The van der Waals surface area contributed by atoms with Crippen molar-refractivity contribution in [1.29, 1.82) is 0 Å². The molecule has 0 saturated heterocycles. The Morgan fingerprint density at radius 3 is 2.48 bits per heavy atom. The molecule has 1 nitrogen and oxygen atoms in total. The second-order valence-electron chi connectivity index (χ2n) is 5.06. The van der Waals surface area contributed by atoms with E-state index in [4.69, 9.17) is 23.2 Å². The molecule has 0 aliphatic rings. The van der Waals surface area contributed by atoms with Crippen LogP contribution in [0.15, 0.2) is 40.9 Å². The summed E-state index contributed by atoms with van der Waals surface area (Å²) in [5, 5.41) is 5.11. The Labute approximate surface area is 144 Å². The zero-order chi connectivity index (χ0) is 15.4. The summed E-state index contributed by atoms with van der Waals surface area (Å²) >= 11 is 15.9. The summed E-state index contributed by atoms with van der Waals surface area (Å²) in [5.41, 5.74) is 3.47. The normalized spacial score (nSPS) is 12.4. The first kappa shape index (κ1) is 16.8. The second-order valence-corrected chi connectivity index (χ2v) is 6.79. The van der Waals surface area contributed by atoms with Gasteiger partial charge in [0.1, 0.15) is 0 Å². The van der Waals surface area contributed by atoms with E-state index in [9.17, 15) is 0 Å². The van der Waals surface area contributed by atoms with E-state index in [1.54, 1.807) is 0 Å². The molecule has 112 valence electrons. The lowest BCUT2D eigenvalue weighted by molar-refractivity contribution is 0.549. The highest BCUT2D eigenvalue weighted by atomic mass is 79.9. The molecule has 0 fully saturated rings. The van der Waals surface area contributed by atoms with Crippen LogP contribution >= 0.6 is 39.1 Å². The minimum absolute atomic E-state index is 0.227. The van der Waals surface area contributed by atoms with E-state index < -0.39 is 0 Å². The van der Waals surface area contributed by atoms with E-state index in [2.05, 4.69) is 46.4 Å². The van der Waals surface area contributed by atoms with E-state index in [1.165, 1.54) is 5.56 Å². The molecule has 2 rings (SSSR count). The zero-order valence-electron chi connectivity index (χ0n) is 12.1. The van der Waals surface area contributed by atoms with Crippen LogP contribution < -0.4 is 5.32 Å². The minimum Gasteiger partial charge on any atom is -0.310 e. The highest BCUT2D eigenvalue weighted by Gasteiger charge is 2.14. The molecule has 1 unspecified atom stereocenters. The summed E-state index contributed by atoms with van der Waals surface area (Å²) in [6.07, 6.45) is 0.848. The average Bonchev–Trinajstić information content (AvgIpc) is 2.44. The van der Waals surface area contributed by atoms with E-state index >= 15 is 0 Å². The number of hydrogen-bond donors (Lipinski definition) is 1. The molecule has 0 heterocycles. The van der Waals surface area contributed by atoms with Crippen LogP contribution in [0.3, 0.4) is 0 Å². The monoisotopic (exact) mass is 385 g/mol. The van der Waals surface area contributed by atoms with Crippen molar-refractivity contribution in [3.05, 3.63) is 67.6 Å². The smallest absolute Gasteiger partial charge is 0.0449 e. The van der Waals surface area contributed by atoms with Gasteiger partial charge >= 0.3 is 0 Å². The number of aryl methyl sites for hydroxylation is 1. The fourth-order valence-electron chi connectivity index (χ4n) is 2.35. The molecular weight excluding hydrogens is 369 g/mol. The fourth-order valence-corrected chi connectivity index (χ4v) is 3.21. The first-order valence-corrected chi connectivity index (χ1v) is 8.49. The topological polar surface area (TPSA) is 12.0 Å². The highest BCUT2D eigenvalue weighted by Crippen LogP contribution is 2.28. The molecule has 4 heteroatoms. The number of benzene rings is 2. The van der Waals surface area contributed by atoms with Gasteiger partial charge in [0.2, 0.25) is 0 Å². The van der Waals surface area contributed by atoms with Gasteiger partial charge in [0.15, 0.2) is 0 Å². The van der Waals surface area contributed by atoms with Gasteiger partial charge in [-0.2, -0.15) is 0 Å². The molecule has 0 aliphatic carbocycles. The van der Waals surface area contributed by atoms with Gasteiger partial charge < -0.3 is 5.32 Å². The van der Waals surface area contributed by atoms with Crippen molar-refractivity contribution in [3.63, 3.8) is 0 Å². The van der Waals surface area contributed by atoms with E-state index in [0.29, 0.717) is 0 Å². The predicted molar refractivity (Wildman–Crippen MR) is 95.5 cm³/mol. The number of rotatable bonds is 5. The van der Waals surface area contributed by atoms with Crippen molar-refractivity contribution < 1.29 is 0 Å². The molecule has 0 aliphatic heterocycles. The van der Waals surface area contributed by atoms with Crippen molar-refractivity contribution in [3.8, 4) is 0 Å². The minimum atomic E-state index is 0.227.